The molecule has 1 aromatic rings. The van der Waals surface area contributed by atoms with Crippen LogP contribution >= 0.6 is 35.0 Å². The monoisotopic (exact) mass is 234 g/mol. The van der Waals surface area contributed by atoms with Gasteiger partial charge in [-0.1, -0.05) is 11.6 Å². The molecule has 1 atom stereocenters. The molecule has 1 aromatic heterocycles. The average Bonchev–Trinajstić information content (AvgIpc) is 2.56. The van der Waals surface area contributed by atoms with Gasteiger partial charge in [-0.15, -0.1) is 0 Å². The number of rotatable bonds is 1. The van der Waals surface area contributed by atoms with Gasteiger partial charge in [-0.25, -0.2) is 9.97 Å². The molecule has 5 heteroatoms. The first kappa shape index (κ1) is 9.56. The number of hydrogen-bond acceptors (Lipinski definition) is 3. The highest BCUT2D eigenvalue weighted by Gasteiger charge is 2.20. The molecule has 0 amide bonds. The highest BCUT2D eigenvalue weighted by Crippen LogP contribution is 2.34. The third-order valence-corrected chi connectivity index (χ3v) is 3.76. The number of thioether (sulfide) groups is 1. The summed E-state index contributed by atoms with van der Waals surface area (Å²) in [6.07, 6.45) is 2.91. The number of aromatic nitrogens is 2. The van der Waals surface area contributed by atoms with Crippen molar-refractivity contribution in [3.63, 3.8) is 0 Å². The van der Waals surface area contributed by atoms with E-state index in [1.54, 1.807) is 6.20 Å². The molecule has 1 fully saturated rings. The largest absolute Gasteiger partial charge is 0.226 e. The van der Waals surface area contributed by atoms with E-state index in [9.17, 15) is 0 Å². The number of halogens is 2. The van der Waals surface area contributed by atoms with Crippen molar-refractivity contribution in [3.05, 3.63) is 22.2 Å². The van der Waals surface area contributed by atoms with E-state index >= 15 is 0 Å². The Labute approximate surface area is 91.1 Å². The Morgan fingerprint density at radius 2 is 2.31 bits per heavy atom. The fraction of sp³-hybridized carbons (Fsp3) is 0.500. The van der Waals surface area contributed by atoms with Gasteiger partial charge in [0, 0.05) is 17.5 Å². The van der Waals surface area contributed by atoms with Crippen molar-refractivity contribution in [2.75, 3.05) is 11.5 Å². The second-order valence-electron chi connectivity index (χ2n) is 2.95. The Hall–Kier alpha value is 0.01000. The molecule has 1 aliphatic heterocycles. The van der Waals surface area contributed by atoms with Crippen LogP contribution in [0.15, 0.2) is 6.20 Å². The third kappa shape index (κ3) is 2.09. The van der Waals surface area contributed by atoms with Crippen LogP contribution < -0.4 is 0 Å². The highest BCUT2D eigenvalue weighted by atomic mass is 35.5. The quantitative estimate of drug-likeness (QED) is 0.552. The van der Waals surface area contributed by atoms with E-state index < -0.39 is 0 Å². The van der Waals surface area contributed by atoms with Gasteiger partial charge >= 0.3 is 0 Å². The van der Waals surface area contributed by atoms with Crippen LogP contribution in [0.1, 0.15) is 17.9 Å². The van der Waals surface area contributed by atoms with E-state index in [4.69, 9.17) is 23.2 Å². The summed E-state index contributed by atoms with van der Waals surface area (Å²) in [6.45, 7) is 0. The molecule has 0 radical (unpaired) electrons. The predicted octanol–water partition coefficient (Wildman–Crippen LogP) is 3.00. The van der Waals surface area contributed by atoms with Gasteiger partial charge in [-0.2, -0.15) is 11.8 Å². The Morgan fingerprint density at radius 1 is 1.46 bits per heavy atom. The minimum absolute atomic E-state index is 0.222. The zero-order chi connectivity index (χ0) is 9.26. The lowest BCUT2D eigenvalue weighted by Crippen LogP contribution is -2.00. The lowest BCUT2D eigenvalue weighted by Gasteiger charge is -2.08. The van der Waals surface area contributed by atoms with Crippen molar-refractivity contribution < 1.29 is 0 Å². The van der Waals surface area contributed by atoms with E-state index in [0.29, 0.717) is 11.1 Å². The van der Waals surface area contributed by atoms with Gasteiger partial charge in [0.15, 0.2) is 0 Å². The van der Waals surface area contributed by atoms with E-state index in [2.05, 4.69) is 9.97 Å². The van der Waals surface area contributed by atoms with Gasteiger partial charge in [0.25, 0.3) is 0 Å². The molecule has 1 saturated heterocycles. The standard InChI is InChI=1S/C8H8Cl2N2S/c9-7-6(3-11-8(10)12-7)5-1-2-13-4-5/h3,5H,1-2,4H2. The molecule has 0 saturated carbocycles. The number of nitrogens with zero attached hydrogens (tertiary/aromatic N) is 2. The third-order valence-electron chi connectivity index (χ3n) is 2.11. The normalized spacial score (nSPS) is 22.2. The van der Waals surface area contributed by atoms with Gasteiger partial charge in [0.1, 0.15) is 5.15 Å². The first-order valence-electron chi connectivity index (χ1n) is 4.03. The van der Waals surface area contributed by atoms with Crippen LogP contribution in [0.5, 0.6) is 0 Å². The predicted molar refractivity (Wildman–Crippen MR) is 56.7 cm³/mol. The molecule has 70 valence electrons. The zero-order valence-electron chi connectivity index (χ0n) is 6.83. The molecule has 1 unspecified atom stereocenters. The molecule has 0 aromatic carbocycles. The molecule has 0 aliphatic carbocycles. The van der Waals surface area contributed by atoms with Crippen LogP contribution in [0, 0.1) is 0 Å². The van der Waals surface area contributed by atoms with Crippen LogP contribution in [0.25, 0.3) is 0 Å². The first-order valence-corrected chi connectivity index (χ1v) is 5.94. The summed E-state index contributed by atoms with van der Waals surface area (Å²) in [7, 11) is 0. The molecule has 1 aliphatic rings. The summed E-state index contributed by atoms with van der Waals surface area (Å²) >= 11 is 13.5. The zero-order valence-corrected chi connectivity index (χ0v) is 9.16. The molecule has 2 rings (SSSR count). The molecule has 2 heterocycles. The molecule has 0 spiro atoms. The first-order chi connectivity index (χ1) is 6.27. The van der Waals surface area contributed by atoms with E-state index in [1.165, 1.54) is 5.75 Å². The van der Waals surface area contributed by atoms with Crippen LogP contribution in [0.2, 0.25) is 10.4 Å². The maximum absolute atomic E-state index is 5.96. The molecular weight excluding hydrogens is 227 g/mol. The Kier molecular flexibility index (Phi) is 2.96. The van der Waals surface area contributed by atoms with Crippen LogP contribution in [0.3, 0.4) is 0 Å². The van der Waals surface area contributed by atoms with Crippen molar-refractivity contribution in [2.24, 2.45) is 0 Å². The molecule has 0 N–H and O–H groups in total. The second kappa shape index (κ2) is 4.03. The van der Waals surface area contributed by atoms with Crippen LogP contribution in [-0.2, 0) is 0 Å². The lowest BCUT2D eigenvalue weighted by atomic mass is 10.0. The van der Waals surface area contributed by atoms with E-state index in [-0.39, 0.29) is 5.28 Å². The Morgan fingerprint density at radius 3 is 2.92 bits per heavy atom. The van der Waals surface area contributed by atoms with Crippen LogP contribution in [0.4, 0.5) is 0 Å². The van der Waals surface area contributed by atoms with Gasteiger partial charge in [0.05, 0.1) is 0 Å². The summed E-state index contributed by atoms with van der Waals surface area (Å²) in [6, 6.07) is 0. The summed E-state index contributed by atoms with van der Waals surface area (Å²) in [5, 5.41) is 0.729. The lowest BCUT2D eigenvalue weighted by molar-refractivity contribution is 0.770. The fourth-order valence-corrected chi connectivity index (χ4v) is 3.11. The molecule has 13 heavy (non-hydrogen) atoms. The smallest absolute Gasteiger partial charge is 0.223 e. The van der Waals surface area contributed by atoms with Gasteiger partial charge < -0.3 is 0 Å². The van der Waals surface area contributed by atoms with E-state index in [0.717, 1.165) is 17.7 Å². The van der Waals surface area contributed by atoms with Crippen molar-refractivity contribution >= 4 is 35.0 Å². The number of hydrogen-bond donors (Lipinski definition) is 0. The summed E-state index contributed by atoms with van der Waals surface area (Å²) < 4.78 is 0. The van der Waals surface area contributed by atoms with E-state index in [1.807, 2.05) is 11.8 Å². The highest BCUT2D eigenvalue weighted by molar-refractivity contribution is 7.99. The van der Waals surface area contributed by atoms with Crippen molar-refractivity contribution in [2.45, 2.75) is 12.3 Å². The fourth-order valence-electron chi connectivity index (χ4n) is 1.40. The van der Waals surface area contributed by atoms with Crippen molar-refractivity contribution in [1.29, 1.82) is 0 Å². The summed E-state index contributed by atoms with van der Waals surface area (Å²) in [5.41, 5.74) is 1.04. The van der Waals surface area contributed by atoms with Gasteiger partial charge in [0.2, 0.25) is 5.28 Å². The summed E-state index contributed by atoms with van der Waals surface area (Å²) in [4.78, 5) is 7.87. The summed E-state index contributed by atoms with van der Waals surface area (Å²) in [5.74, 6) is 2.82. The second-order valence-corrected chi connectivity index (χ2v) is 4.79. The Bertz CT molecular complexity index is 313. The van der Waals surface area contributed by atoms with Gasteiger partial charge in [-0.05, 0) is 29.7 Å². The van der Waals surface area contributed by atoms with Crippen molar-refractivity contribution in [3.8, 4) is 0 Å². The SMILES string of the molecule is Clc1ncc(C2CCSC2)c(Cl)n1. The minimum Gasteiger partial charge on any atom is -0.226 e. The molecule has 0 bridgehead atoms. The topological polar surface area (TPSA) is 25.8 Å². The van der Waals surface area contributed by atoms with Crippen LogP contribution in [-0.4, -0.2) is 21.5 Å². The molecular formula is C8H8Cl2N2S. The van der Waals surface area contributed by atoms with Gasteiger partial charge in [-0.3, -0.25) is 0 Å². The average molecular weight is 235 g/mol. The molecule has 2 nitrogen and oxygen atoms in total. The maximum atomic E-state index is 5.96. The minimum atomic E-state index is 0.222. The Balaban J connectivity index is 2.29. The maximum Gasteiger partial charge on any atom is 0.223 e. The van der Waals surface area contributed by atoms with Crippen molar-refractivity contribution in [1.82, 2.24) is 9.97 Å².